The second-order valence-electron chi connectivity index (χ2n) is 5.30. The van der Waals surface area contributed by atoms with E-state index in [9.17, 15) is 0 Å². The Labute approximate surface area is 130 Å². The lowest BCUT2D eigenvalue weighted by molar-refractivity contribution is 0.191. The van der Waals surface area contributed by atoms with Gasteiger partial charge < -0.3 is 4.90 Å². The van der Waals surface area contributed by atoms with E-state index in [4.69, 9.17) is 5.26 Å². The summed E-state index contributed by atoms with van der Waals surface area (Å²) in [5.41, 5.74) is 1.25. The van der Waals surface area contributed by atoms with Crippen molar-refractivity contribution in [3.05, 3.63) is 35.9 Å². The number of hydrogen-bond acceptors (Lipinski definition) is 3. The molecule has 116 valence electrons. The minimum absolute atomic E-state index is 0.220. The molecular weight excluding hydrogens is 258 g/mol. The molecule has 0 saturated carbocycles. The van der Waals surface area contributed by atoms with Crippen molar-refractivity contribution in [2.24, 2.45) is 0 Å². The van der Waals surface area contributed by atoms with Gasteiger partial charge in [-0.1, -0.05) is 51.1 Å². The molecule has 0 bridgehead atoms. The number of benzene rings is 1. The molecule has 0 amide bonds. The van der Waals surface area contributed by atoms with E-state index in [-0.39, 0.29) is 6.04 Å². The molecule has 1 aromatic carbocycles. The van der Waals surface area contributed by atoms with E-state index in [1.165, 1.54) is 5.56 Å². The highest BCUT2D eigenvalue weighted by Gasteiger charge is 2.18. The third-order valence-corrected chi connectivity index (χ3v) is 4.13. The van der Waals surface area contributed by atoms with E-state index < -0.39 is 0 Å². The van der Waals surface area contributed by atoms with Crippen molar-refractivity contribution in [3.63, 3.8) is 0 Å². The first kappa shape index (κ1) is 17.7. The average Bonchev–Trinajstić information content (AvgIpc) is 2.54. The van der Waals surface area contributed by atoms with Gasteiger partial charge in [-0.05, 0) is 44.7 Å². The molecule has 0 heterocycles. The van der Waals surface area contributed by atoms with Gasteiger partial charge in [-0.15, -0.1) is 0 Å². The molecule has 1 atom stereocenters. The molecule has 0 aliphatic heterocycles. The van der Waals surface area contributed by atoms with E-state index in [0.29, 0.717) is 6.42 Å². The smallest absolute Gasteiger partial charge is 0.0641 e. The van der Waals surface area contributed by atoms with Gasteiger partial charge >= 0.3 is 0 Å². The normalized spacial score (nSPS) is 12.6. The second-order valence-corrected chi connectivity index (χ2v) is 5.30. The summed E-state index contributed by atoms with van der Waals surface area (Å²) in [6.45, 7) is 12.0. The van der Waals surface area contributed by atoms with Crippen molar-refractivity contribution >= 4 is 0 Å². The van der Waals surface area contributed by atoms with Gasteiger partial charge in [0.15, 0.2) is 0 Å². The summed E-state index contributed by atoms with van der Waals surface area (Å²) in [6.07, 6.45) is 1.72. The molecule has 0 N–H and O–H groups in total. The van der Waals surface area contributed by atoms with Crippen LogP contribution in [0.3, 0.4) is 0 Å². The highest BCUT2D eigenvalue weighted by Crippen LogP contribution is 2.23. The predicted molar refractivity (Wildman–Crippen MR) is 89.1 cm³/mol. The van der Waals surface area contributed by atoms with Crippen LogP contribution in [0.1, 0.15) is 45.2 Å². The number of rotatable bonds is 10. The third kappa shape index (κ3) is 5.87. The zero-order valence-corrected chi connectivity index (χ0v) is 13.8. The second kappa shape index (κ2) is 10.4. The van der Waals surface area contributed by atoms with Crippen LogP contribution in [-0.4, -0.2) is 42.5 Å². The first-order valence-corrected chi connectivity index (χ1v) is 8.15. The van der Waals surface area contributed by atoms with E-state index in [1.54, 1.807) is 0 Å². The van der Waals surface area contributed by atoms with E-state index >= 15 is 0 Å². The minimum Gasteiger partial charge on any atom is -0.304 e. The Hall–Kier alpha value is -1.37. The fourth-order valence-electron chi connectivity index (χ4n) is 2.79. The van der Waals surface area contributed by atoms with Gasteiger partial charge in [0.25, 0.3) is 0 Å². The lowest BCUT2D eigenvalue weighted by Crippen LogP contribution is -2.32. The van der Waals surface area contributed by atoms with Crippen LogP contribution in [0.25, 0.3) is 0 Å². The largest absolute Gasteiger partial charge is 0.304 e. The van der Waals surface area contributed by atoms with Crippen molar-refractivity contribution < 1.29 is 0 Å². The van der Waals surface area contributed by atoms with E-state index in [0.717, 1.165) is 39.1 Å². The summed E-state index contributed by atoms with van der Waals surface area (Å²) in [7, 11) is 0. The molecule has 0 aromatic heterocycles. The van der Waals surface area contributed by atoms with E-state index in [2.05, 4.69) is 60.9 Å². The molecule has 3 heteroatoms. The number of nitriles is 1. The van der Waals surface area contributed by atoms with E-state index in [1.807, 2.05) is 6.07 Å². The molecule has 3 nitrogen and oxygen atoms in total. The Morgan fingerprint density at radius 3 is 2.19 bits per heavy atom. The van der Waals surface area contributed by atoms with Crippen molar-refractivity contribution in [1.29, 1.82) is 5.26 Å². The molecular formula is C18H29N3. The molecule has 0 saturated heterocycles. The monoisotopic (exact) mass is 287 g/mol. The topological polar surface area (TPSA) is 30.3 Å². The van der Waals surface area contributed by atoms with Crippen molar-refractivity contribution in [2.75, 3.05) is 32.7 Å². The van der Waals surface area contributed by atoms with Gasteiger partial charge in [0.2, 0.25) is 0 Å². The maximum absolute atomic E-state index is 9.15. The van der Waals surface area contributed by atoms with Crippen LogP contribution in [-0.2, 0) is 0 Å². The average molecular weight is 287 g/mol. The zero-order chi connectivity index (χ0) is 15.5. The maximum Gasteiger partial charge on any atom is 0.0641 e. The minimum atomic E-state index is 0.220. The van der Waals surface area contributed by atoms with Crippen LogP contribution in [0, 0.1) is 11.3 Å². The molecule has 0 aliphatic rings. The predicted octanol–water partition coefficient (Wildman–Crippen LogP) is 3.70. The Balaban J connectivity index is 2.64. The van der Waals surface area contributed by atoms with Gasteiger partial charge in [-0.2, -0.15) is 5.26 Å². The fourth-order valence-corrected chi connectivity index (χ4v) is 2.79. The van der Waals surface area contributed by atoms with Gasteiger partial charge in [-0.3, -0.25) is 4.90 Å². The molecule has 0 spiro atoms. The number of nitrogens with zero attached hydrogens (tertiary/aromatic N) is 3. The van der Waals surface area contributed by atoms with Crippen LogP contribution in [0.15, 0.2) is 30.3 Å². The first-order valence-electron chi connectivity index (χ1n) is 8.15. The fraction of sp³-hybridized carbons (Fsp3) is 0.611. The number of hydrogen-bond donors (Lipinski definition) is 0. The quantitative estimate of drug-likeness (QED) is 0.657. The Morgan fingerprint density at radius 1 is 1.00 bits per heavy atom. The maximum atomic E-state index is 9.15. The van der Waals surface area contributed by atoms with Gasteiger partial charge in [0.1, 0.15) is 0 Å². The van der Waals surface area contributed by atoms with Crippen LogP contribution < -0.4 is 0 Å². The van der Waals surface area contributed by atoms with Gasteiger partial charge in [-0.25, -0.2) is 0 Å². The molecule has 0 aliphatic carbocycles. The summed E-state index contributed by atoms with van der Waals surface area (Å²) < 4.78 is 0. The molecule has 1 rings (SSSR count). The SMILES string of the molecule is CCN(CC)CCCN(CC)C(CC#N)c1ccccc1. The van der Waals surface area contributed by atoms with Crippen molar-refractivity contribution in [1.82, 2.24) is 9.80 Å². The highest BCUT2D eigenvalue weighted by molar-refractivity contribution is 5.20. The van der Waals surface area contributed by atoms with Crippen molar-refractivity contribution in [3.8, 4) is 6.07 Å². The summed E-state index contributed by atoms with van der Waals surface area (Å²) in [5, 5.41) is 9.15. The van der Waals surface area contributed by atoms with Gasteiger partial charge in [0, 0.05) is 6.04 Å². The van der Waals surface area contributed by atoms with Crippen LogP contribution in [0.4, 0.5) is 0 Å². The lowest BCUT2D eigenvalue weighted by Gasteiger charge is -2.30. The molecule has 0 radical (unpaired) electrons. The molecule has 21 heavy (non-hydrogen) atoms. The standard InChI is InChI=1S/C18H29N3/c1-4-20(5-2)15-10-16-21(6-3)18(13-14-19)17-11-8-7-9-12-17/h7-9,11-12,18H,4-6,10,13,15-16H2,1-3H3. The zero-order valence-electron chi connectivity index (χ0n) is 13.8. The summed E-state index contributed by atoms with van der Waals surface area (Å²) in [6, 6.07) is 13.0. The third-order valence-electron chi connectivity index (χ3n) is 4.13. The summed E-state index contributed by atoms with van der Waals surface area (Å²) in [4.78, 5) is 4.89. The highest BCUT2D eigenvalue weighted by atomic mass is 15.2. The molecule has 1 aromatic rings. The lowest BCUT2D eigenvalue weighted by atomic mass is 10.0. The van der Waals surface area contributed by atoms with Crippen LogP contribution in [0.2, 0.25) is 0 Å². The Bertz CT molecular complexity index is 406. The van der Waals surface area contributed by atoms with Crippen LogP contribution >= 0.6 is 0 Å². The van der Waals surface area contributed by atoms with Crippen LogP contribution in [0.5, 0.6) is 0 Å². The summed E-state index contributed by atoms with van der Waals surface area (Å²) >= 11 is 0. The van der Waals surface area contributed by atoms with Crippen molar-refractivity contribution in [2.45, 2.75) is 39.7 Å². The first-order chi connectivity index (χ1) is 10.3. The molecule has 1 unspecified atom stereocenters. The molecule has 0 fully saturated rings. The Kier molecular flexibility index (Phi) is 8.73. The van der Waals surface area contributed by atoms with Gasteiger partial charge in [0.05, 0.1) is 12.5 Å². The Morgan fingerprint density at radius 2 is 1.67 bits per heavy atom. The summed E-state index contributed by atoms with van der Waals surface area (Å²) in [5.74, 6) is 0.